The maximum Gasteiger partial charge on any atom is 0.292 e. The molecule has 1 heterocycles. The van der Waals surface area contributed by atoms with Gasteiger partial charge in [0.1, 0.15) is 5.02 Å². The Morgan fingerprint density at radius 1 is 1.19 bits per heavy atom. The fraction of sp³-hybridized carbons (Fsp3) is 0.353. The molecule has 2 N–H and O–H groups in total. The van der Waals surface area contributed by atoms with E-state index in [0.29, 0.717) is 29.5 Å². The molecule has 140 valence electrons. The first-order valence-corrected chi connectivity index (χ1v) is 9.00. The van der Waals surface area contributed by atoms with Gasteiger partial charge in [-0.25, -0.2) is 0 Å². The maximum atomic E-state index is 12.5. The summed E-state index contributed by atoms with van der Waals surface area (Å²) < 4.78 is 1.10. The van der Waals surface area contributed by atoms with Crippen LogP contribution in [-0.2, 0) is 4.79 Å². The Hall–Kier alpha value is -1.76. The summed E-state index contributed by atoms with van der Waals surface area (Å²) in [6.07, 6.45) is 1.43. The average Bonchev–Trinajstić information content (AvgIpc) is 2.55. The summed E-state index contributed by atoms with van der Waals surface area (Å²) >= 11 is 18.1. The predicted octanol–water partition coefficient (Wildman–Crippen LogP) is 3.77. The van der Waals surface area contributed by atoms with E-state index in [1.165, 1.54) is 12.3 Å². The van der Waals surface area contributed by atoms with Crippen LogP contribution in [0.4, 0.5) is 5.69 Å². The van der Waals surface area contributed by atoms with Crippen molar-refractivity contribution < 1.29 is 4.79 Å². The second-order valence-corrected chi connectivity index (χ2v) is 7.84. The van der Waals surface area contributed by atoms with Crippen LogP contribution in [-0.4, -0.2) is 28.8 Å². The number of halogens is 3. The Balaban J connectivity index is 2.10. The van der Waals surface area contributed by atoms with E-state index in [1.807, 2.05) is 20.8 Å². The summed E-state index contributed by atoms with van der Waals surface area (Å²) in [6, 6.07) is 4.71. The summed E-state index contributed by atoms with van der Waals surface area (Å²) in [5, 5.41) is 10.6. The van der Waals surface area contributed by atoms with E-state index < -0.39 is 11.0 Å². The number of nitrogens with zero attached hydrogens (tertiary/aromatic N) is 2. The number of carbonyl (C=O) groups excluding carboxylic acids is 1. The number of nitrogens with one attached hydrogen (secondary N) is 2. The van der Waals surface area contributed by atoms with E-state index in [2.05, 4.69) is 15.7 Å². The van der Waals surface area contributed by atoms with Crippen molar-refractivity contribution in [3.8, 4) is 5.69 Å². The summed E-state index contributed by atoms with van der Waals surface area (Å²) in [5.74, 6) is -0.0590. The molecular formula is C17H19Cl3N4O2. The summed E-state index contributed by atoms with van der Waals surface area (Å²) in [7, 11) is 0. The first-order valence-electron chi connectivity index (χ1n) is 7.86. The van der Waals surface area contributed by atoms with Crippen molar-refractivity contribution in [2.24, 2.45) is 5.41 Å². The smallest absolute Gasteiger partial charge is 0.292 e. The van der Waals surface area contributed by atoms with E-state index in [9.17, 15) is 9.59 Å². The Labute approximate surface area is 166 Å². The molecule has 0 aliphatic carbocycles. The number of aromatic nitrogens is 2. The molecule has 2 aromatic rings. The zero-order valence-corrected chi connectivity index (χ0v) is 16.8. The van der Waals surface area contributed by atoms with Gasteiger partial charge < -0.3 is 10.6 Å². The summed E-state index contributed by atoms with van der Waals surface area (Å²) in [5.41, 5.74) is -0.216. The Bertz CT molecular complexity index is 875. The quantitative estimate of drug-likeness (QED) is 0.726. The molecule has 1 amide bonds. The second kappa shape index (κ2) is 8.29. The van der Waals surface area contributed by atoms with Gasteiger partial charge in [-0.1, -0.05) is 55.6 Å². The largest absolute Gasteiger partial charge is 0.381 e. The number of anilines is 1. The molecule has 0 unspecified atom stereocenters. The lowest BCUT2D eigenvalue weighted by molar-refractivity contribution is -0.128. The number of benzene rings is 1. The van der Waals surface area contributed by atoms with Crippen molar-refractivity contribution in [3.63, 3.8) is 0 Å². The van der Waals surface area contributed by atoms with Gasteiger partial charge in [0.25, 0.3) is 5.56 Å². The van der Waals surface area contributed by atoms with Gasteiger partial charge in [0.15, 0.2) is 0 Å². The van der Waals surface area contributed by atoms with Gasteiger partial charge in [-0.2, -0.15) is 9.78 Å². The van der Waals surface area contributed by atoms with Crippen LogP contribution in [0.3, 0.4) is 0 Å². The van der Waals surface area contributed by atoms with Crippen LogP contribution in [0.15, 0.2) is 29.2 Å². The third-order valence-corrected chi connectivity index (χ3v) is 4.37. The molecule has 0 aliphatic heterocycles. The van der Waals surface area contributed by atoms with Crippen LogP contribution in [0.25, 0.3) is 5.69 Å². The summed E-state index contributed by atoms with van der Waals surface area (Å²) in [6.45, 7) is 6.28. The van der Waals surface area contributed by atoms with E-state index >= 15 is 0 Å². The van der Waals surface area contributed by atoms with E-state index in [4.69, 9.17) is 34.8 Å². The van der Waals surface area contributed by atoms with Gasteiger partial charge >= 0.3 is 0 Å². The van der Waals surface area contributed by atoms with Crippen molar-refractivity contribution in [2.45, 2.75) is 20.8 Å². The van der Waals surface area contributed by atoms with Crippen molar-refractivity contribution >= 4 is 46.4 Å². The third kappa shape index (κ3) is 4.90. The van der Waals surface area contributed by atoms with Crippen LogP contribution in [0.5, 0.6) is 0 Å². The first-order chi connectivity index (χ1) is 12.1. The van der Waals surface area contributed by atoms with Crippen molar-refractivity contribution in [2.75, 3.05) is 18.4 Å². The molecule has 0 atom stereocenters. The predicted molar refractivity (Wildman–Crippen MR) is 106 cm³/mol. The lowest BCUT2D eigenvalue weighted by atomic mass is 9.96. The van der Waals surface area contributed by atoms with Gasteiger partial charge in [-0.05, 0) is 18.2 Å². The standard InChI is InChI=1S/C17H19Cl3N4O2/c1-17(2,3)16(26)22-7-6-21-12-9-23-24(15(25)14(12)20)13-5-4-10(18)8-11(13)19/h4-5,8-9,21H,6-7H2,1-3H3,(H,22,26). The Morgan fingerprint density at radius 3 is 2.50 bits per heavy atom. The monoisotopic (exact) mass is 416 g/mol. The number of hydrogen-bond acceptors (Lipinski definition) is 4. The van der Waals surface area contributed by atoms with Crippen LogP contribution in [0.2, 0.25) is 15.1 Å². The van der Waals surface area contributed by atoms with Gasteiger partial charge in [-0.3, -0.25) is 9.59 Å². The van der Waals surface area contributed by atoms with Crippen LogP contribution in [0, 0.1) is 5.41 Å². The highest BCUT2D eigenvalue weighted by Gasteiger charge is 2.20. The summed E-state index contributed by atoms with van der Waals surface area (Å²) in [4.78, 5) is 24.3. The molecular weight excluding hydrogens is 399 g/mol. The zero-order valence-electron chi connectivity index (χ0n) is 14.6. The molecule has 0 fully saturated rings. The van der Waals surface area contributed by atoms with Crippen molar-refractivity contribution in [3.05, 3.63) is 49.8 Å². The first kappa shape index (κ1) is 20.6. The highest BCUT2D eigenvalue weighted by Crippen LogP contribution is 2.24. The Kier molecular flexibility index (Phi) is 6.55. The molecule has 1 aromatic heterocycles. The molecule has 0 radical (unpaired) electrons. The molecule has 26 heavy (non-hydrogen) atoms. The minimum atomic E-state index is -0.514. The molecule has 0 bridgehead atoms. The second-order valence-electron chi connectivity index (χ2n) is 6.62. The molecule has 0 saturated carbocycles. The lowest BCUT2D eigenvalue weighted by Gasteiger charge is -2.18. The average molecular weight is 418 g/mol. The van der Waals surface area contributed by atoms with Gasteiger partial charge in [0.05, 0.1) is 22.6 Å². The molecule has 9 heteroatoms. The van der Waals surface area contributed by atoms with Gasteiger partial charge in [0, 0.05) is 23.5 Å². The van der Waals surface area contributed by atoms with Gasteiger partial charge in [-0.15, -0.1) is 0 Å². The molecule has 0 saturated heterocycles. The molecule has 0 aliphatic rings. The van der Waals surface area contributed by atoms with Crippen LogP contribution >= 0.6 is 34.8 Å². The van der Waals surface area contributed by atoms with Crippen molar-refractivity contribution in [1.82, 2.24) is 15.1 Å². The highest BCUT2D eigenvalue weighted by atomic mass is 35.5. The number of amides is 1. The third-order valence-electron chi connectivity index (χ3n) is 3.46. The fourth-order valence-electron chi connectivity index (χ4n) is 2.02. The van der Waals surface area contributed by atoms with Crippen molar-refractivity contribution in [1.29, 1.82) is 0 Å². The minimum Gasteiger partial charge on any atom is -0.381 e. The molecule has 0 spiro atoms. The normalized spacial score (nSPS) is 11.3. The van der Waals surface area contributed by atoms with Gasteiger partial charge in [0.2, 0.25) is 5.91 Å². The highest BCUT2D eigenvalue weighted by molar-refractivity contribution is 6.36. The number of hydrogen-bond donors (Lipinski definition) is 2. The number of rotatable bonds is 5. The topological polar surface area (TPSA) is 76.0 Å². The molecule has 2 rings (SSSR count). The fourth-order valence-corrected chi connectivity index (χ4v) is 2.70. The molecule has 6 nitrogen and oxygen atoms in total. The minimum absolute atomic E-state index is 0.0202. The molecule has 1 aromatic carbocycles. The van der Waals surface area contributed by atoms with Crippen LogP contribution < -0.4 is 16.2 Å². The maximum absolute atomic E-state index is 12.5. The van der Waals surface area contributed by atoms with Crippen LogP contribution in [0.1, 0.15) is 20.8 Å². The number of carbonyl (C=O) groups is 1. The van der Waals surface area contributed by atoms with E-state index in [1.54, 1.807) is 12.1 Å². The zero-order chi connectivity index (χ0) is 19.5. The lowest BCUT2D eigenvalue weighted by Crippen LogP contribution is -2.37. The Morgan fingerprint density at radius 2 is 1.88 bits per heavy atom. The van der Waals surface area contributed by atoms with E-state index in [0.717, 1.165) is 4.68 Å². The SMILES string of the molecule is CC(C)(C)C(=O)NCCNc1cnn(-c2ccc(Cl)cc2Cl)c(=O)c1Cl. The van der Waals surface area contributed by atoms with E-state index in [-0.39, 0.29) is 16.0 Å².